The van der Waals surface area contributed by atoms with Gasteiger partial charge in [0.05, 0.1) is 31.0 Å². The van der Waals surface area contributed by atoms with Gasteiger partial charge in [-0.1, -0.05) is 57.2 Å². The zero-order valence-corrected chi connectivity index (χ0v) is 29.3. The minimum atomic E-state index is -1.51. The molecule has 2 saturated heterocycles. The Hall–Kier alpha value is -5.17. The van der Waals surface area contributed by atoms with E-state index in [2.05, 4.69) is 17.2 Å². The van der Waals surface area contributed by atoms with Crippen molar-refractivity contribution < 1.29 is 38.9 Å². The lowest BCUT2D eigenvalue weighted by Crippen LogP contribution is -2.59. The number of urea groups is 1. The second-order valence-electron chi connectivity index (χ2n) is 14.7. The van der Waals surface area contributed by atoms with Gasteiger partial charge in [-0.25, -0.2) is 14.6 Å². The minimum absolute atomic E-state index is 0.0248. The van der Waals surface area contributed by atoms with E-state index >= 15 is 0 Å². The number of aliphatic carboxylic acids is 1. The van der Waals surface area contributed by atoms with Crippen LogP contribution in [-0.2, 0) is 14.4 Å². The van der Waals surface area contributed by atoms with Crippen molar-refractivity contribution in [1.82, 2.24) is 25.4 Å². The molecule has 13 nitrogen and oxygen atoms in total. The number of aliphatic hydroxyl groups is 1. The Kier molecular flexibility index (Phi) is 9.69. The fourth-order valence-electron chi connectivity index (χ4n) is 6.99. The molecule has 0 radical (unpaired) electrons. The molecule has 2 unspecified atom stereocenters. The van der Waals surface area contributed by atoms with Gasteiger partial charge in [0.15, 0.2) is 0 Å². The molecule has 6 atom stereocenters. The highest BCUT2D eigenvalue weighted by Crippen LogP contribution is 2.45. The highest BCUT2D eigenvalue weighted by molar-refractivity contribution is 5.96. The van der Waals surface area contributed by atoms with Crippen molar-refractivity contribution in [2.45, 2.75) is 69.9 Å². The van der Waals surface area contributed by atoms with E-state index < -0.39 is 59.1 Å². The Labute approximate surface area is 296 Å². The first-order chi connectivity index (χ1) is 24.2. The van der Waals surface area contributed by atoms with Gasteiger partial charge in [-0.2, -0.15) is 0 Å². The lowest BCUT2D eigenvalue weighted by Gasteiger charge is -2.35. The summed E-state index contributed by atoms with van der Waals surface area (Å²) < 4.78 is 12.1. The first kappa shape index (κ1) is 35.6. The lowest BCUT2D eigenvalue weighted by atomic mass is 9.86. The molecular formula is C38H45N5O8. The number of β-amino-alcohol motifs (C(OH)–C–C–N with tert-alkyl or cyclic N) is 1. The van der Waals surface area contributed by atoms with E-state index in [9.17, 15) is 29.4 Å². The first-order valence-electron chi connectivity index (χ1n) is 17.2. The summed E-state index contributed by atoms with van der Waals surface area (Å²) >= 11 is 0. The molecule has 1 aromatic heterocycles. The zero-order chi connectivity index (χ0) is 36.7. The quantitative estimate of drug-likeness (QED) is 0.231. The summed E-state index contributed by atoms with van der Waals surface area (Å²) in [7, 11) is 1.57. The molecule has 270 valence electrons. The molecule has 0 spiro atoms. The molecule has 1 saturated carbocycles. The van der Waals surface area contributed by atoms with Crippen LogP contribution in [0.25, 0.3) is 22.2 Å². The van der Waals surface area contributed by atoms with Crippen molar-refractivity contribution in [1.29, 1.82) is 0 Å². The Morgan fingerprint density at radius 1 is 1.10 bits per heavy atom. The number of carbonyl (C=O) groups excluding carboxylic acids is 3. The maximum Gasteiger partial charge on any atom is 0.330 e. The second kappa shape index (κ2) is 13.9. The maximum atomic E-state index is 14.2. The molecule has 3 fully saturated rings. The number of ether oxygens (including phenoxy) is 2. The fraction of sp³-hybridized carbons (Fsp3) is 0.447. The molecule has 6 rings (SSSR count). The van der Waals surface area contributed by atoms with Gasteiger partial charge in [0.25, 0.3) is 0 Å². The van der Waals surface area contributed by atoms with Gasteiger partial charge in [0, 0.05) is 48.5 Å². The number of pyridine rings is 1. The van der Waals surface area contributed by atoms with Crippen LogP contribution < -0.4 is 20.1 Å². The van der Waals surface area contributed by atoms with Gasteiger partial charge in [0.2, 0.25) is 11.8 Å². The lowest BCUT2D eigenvalue weighted by molar-refractivity contribution is -0.144. The molecule has 4 N–H and O–H groups in total. The van der Waals surface area contributed by atoms with Gasteiger partial charge in [-0.15, -0.1) is 6.58 Å². The van der Waals surface area contributed by atoms with Crippen molar-refractivity contribution in [3.05, 3.63) is 67.3 Å². The van der Waals surface area contributed by atoms with E-state index in [-0.39, 0.29) is 31.8 Å². The summed E-state index contributed by atoms with van der Waals surface area (Å²) in [5.74, 6) is -1.50. The predicted octanol–water partition coefficient (Wildman–Crippen LogP) is 3.60. The number of aliphatic hydroxyl groups excluding tert-OH is 1. The first-order valence-corrected chi connectivity index (χ1v) is 17.2. The number of nitrogens with one attached hydrogen (secondary N) is 2. The number of hydrogen-bond donors (Lipinski definition) is 4. The van der Waals surface area contributed by atoms with Crippen molar-refractivity contribution in [2.24, 2.45) is 11.3 Å². The molecule has 3 aliphatic rings. The summed E-state index contributed by atoms with van der Waals surface area (Å²) in [5, 5.41) is 26.4. The molecule has 4 amide bonds. The van der Waals surface area contributed by atoms with E-state index in [0.29, 0.717) is 41.1 Å². The molecule has 3 aromatic rings. The number of fused-ring (bicyclic) bond motifs is 1. The SMILES string of the molecule is C=C[C@@H]1C[C@@]1(NC(=O)C1C[C@@H](Oc2cc(-c3ccccc3)nc3cc(OC)ccc23)CN1C(=O)NC(C(=O)N1CC[C@@H](O)C1)C(C)(C)C)C(=O)O. The average Bonchev–Trinajstić information content (AvgIpc) is 3.39. The third-order valence-corrected chi connectivity index (χ3v) is 10.1. The number of likely N-dealkylation sites (tertiary alicyclic amines) is 2. The molecular weight excluding hydrogens is 654 g/mol. The summed E-state index contributed by atoms with van der Waals surface area (Å²) in [4.78, 5) is 61.7. The van der Waals surface area contributed by atoms with Crippen molar-refractivity contribution in [3.8, 4) is 22.8 Å². The van der Waals surface area contributed by atoms with Crippen molar-refractivity contribution >= 4 is 34.7 Å². The van der Waals surface area contributed by atoms with Gasteiger partial charge >= 0.3 is 12.0 Å². The average molecular weight is 700 g/mol. The molecule has 2 aromatic carbocycles. The number of amides is 4. The molecule has 13 heteroatoms. The van der Waals surface area contributed by atoms with E-state index in [0.717, 1.165) is 5.56 Å². The van der Waals surface area contributed by atoms with E-state index in [1.54, 1.807) is 19.2 Å². The van der Waals surface area contributed by atoms with Crippen LogP contribution in [0.4, 0.5) is 4.79 Å². The highest BCUT2D eigenvalue weighted by atomic mass is 16.5. The van der Waals surface area contributed by atoms with Crippen LogP contribution in [0.3, 0.4) is 0 Å². The van der Waals surface area contributed by atoms with Gasteiger partial charge in [0.1, 0.15) is 35.2 Å². The standard InChI is InChI=1S/C38H45N5O8/c1-6-23-19-38(23,35(47)48)41-33(45)30-17-26(21-43(30)36(49)40-32(37(2,3)4)34(46)42-15-14-24(44)20-42)51-31-18-28(22-10-8-7-9-11-22)39-29-16-25(50-5)12-13-27(29)31/h6-13,16,18,23-24,26,30,32,44H,1,14-15,17,19-21H2,2-5H3,(H,40,49)(H,41,45)(H,47,48)/t23-,24-,26-,30?,32?,38+/m1/s1. The van der Waals surface area contributed by atoms with E-state index in [1.807, 2.05) is 63.2 Å². The van der Waals surface area contributed by atoms with Crippen molar-refractivity contribution in [2.75, 3.05) is 26.7 Å². The number of aromatic nitrogens is 1. The zero-order valence-electron chi connectivity index (χ0n) is 29.3. The van der Waals surface area contributed by atoms with Crippen LogP contribution in [0, 0.1) is 11.3 Å². The number of carbonyl (C=O) groups is 4. The smallest absolute Gasteiger partial charge is 0.330 e. The number of nitrogens with zero attached hydrogens (tertiary/aromatic N) is 3. The summed E-state index contributed by atoms with van der Waals surface area (Å²) in [6.07, 6.45) is 0.876. The second-order valence-corrected chi connectivity index (χ2v) is 14.7. The van der Waals surface area contributed by atoms with Gasteiger partial charge < -0.3 is 40.1 Å². The third-order valence-electron chi connectivity index (χ3n) is 10.1. The Morgan fingerprint density at radius 3 is 2.45 bits per heavy atom. The number of carboxylic acids is 1. The highest BCUT2D eigenvalue weighted by Gasteiger charge is 2.61. The van der Waals surface area contributed by atoms with Crippen LogP contribution in [-0.4, -0.2) is 105 Å². The summed E-state index contributed by atoms with van der Waals surface area (Å²) in [6.45, 7) is 9.71. The largest absolute Gasteiger partial charge is 0.497 e. The predicted molar refractivity (Wildman–Crippen MR) is 189 cm³/mol. The third kappa shape index (κ3) is 7.21. The van der Waals surface area contributed by atoms with E-state index in [4.69, 9.17) is 14.5 Å². The Balaban J connectivity index is 1.32. The molecule has 1 aliphatic carbocycles. The topological polar surface area (TPSA) is 171 Å². The van der Waals surface area contributed by atoms with Gasteiger partial charge in [-0.05, 0) is 30.4 Å². The van der Waals surface area contributed by atoms with Crippen LogP contribution in [0.1, 0.15) is 40.0 Å². The number of hydrogen-bond acceptors (Lipinski definition) is 8. The van der Waals surface area contributed by atoms with Crippen LogP contribution in [0.2, 0.25) is 0 Å². The number of rotatable bonds is 10. The van der Waals surface area contributed by atoms with Crippen LogP contribution in [0.5, 0.6) is 11.5 Å². The maximum absolute atomic E-state index is 14.2. The summed E-state index contributed by atoms with van der Waals surface area (Å²) in [5.41, 5.74) is -0.0823. The monoisotopic (exact) mass is 699 g/mol. The van der Waals surface area contributed by atoms with E-state index in [1.165, 1.54) is 15.9 Å². The normalized spacial score (nSPS) is 24.9. The molecule has 2 aliphatic heterocycles. The van der Waals surface area contributed by atoms with Crippen LogP contribution >= 0.6 is 0 Å². The summed E-state index contributed by atoms with van der Waals surface area (Å²) in [6, 6.07) is 14.1. The fourth-order valence-corrected chi connectivity index (χ4v) is 6.99. The molecule has 0 bridgehead atoms. The van der Waals surface area contributed by atoms with Crippen molar-refractivity contribution in [3.63, 3.8) is 0 Å². The van der Waals surface area contributed by atoms with Crippen LogP contribution in [0.15, 0.2) is 67.3 Å². The Morgan fingerprint density at radius 2 is 1.84 bits per heavy atom. The molecule has 51 heavy (non-hydrogen) atoms. The van der Waals surface area contributed by atoms with Gasteiger partial charge in [-0.3, -0.25) is 9.59 Å². The molecule has 3 heterocycles. The number of carboxylic acid groups (broad SMARTS) is 1. The Bertz CT molecular complexity index is 1840. The minimum Gasteiger partial charge on any atom is -0.497 e. The number of benzene rings is 2. The number of methoxy groups -OCH3 is 1.